The molecule has 0 saturated heterocycles. The summed E-state index contributed by atoms with van der Waals surface area (Å²) in [6.45, 7) is 6.49. The number of imidazole rings is 1. The predicted octanol–water partition coefficient (Wildman–Crippen LogP) is 2.68. The van der Waals surface area contributed by atoms with Gasteiger partial charge in [-0.3, -0.25) is 4.79 Å². The van der Waals surface area contributed by atoms with E-state index in [0.29, 0.717) is 12.5 Å². The molecule has 0 atom stereocenters. The molecule has 0 spiro atoms. The molecule has 27 heavy (non-hydrogen) atoms. The SMILES string of the molecule is Cc1nccn1-c1ccccc1CNC(=O)c1cc(CC(C)C)nc(N)n1. The number of aromatic nitrogens is 4. The highest BCUT2D eigenvalue weighted by Crippen LogP contribution is 2.16. The number of nitrogens with zero attached hydrogens (tertiary/aromatic N) is 4. The Kier molecular flexibility index (Phi) is 5.49. The van der Waals surface area contributed by atoms with E-state index in [1.807, 2.05) is 42.0 Å². The molecule has 0 aliphatic carbocycles. The summed E-state index contributed by atoms with van der Waals surface area (Å²) in [7, 11) is 0. The number of hydrogen-bond donors (Lipinski definition) is 2. The van der Waals surface area contributed by atoms with Crippen molar-refractivity contribution in [3.63, 3.8) is 0 Å². The Labute approximate surface area is 158 Å². The molecule has 3 N–H and O–H groups in total. The normalized spacial score (nSPS) is 11.0. The summed E-state index contributed by atoms with van der Waals surface area (Å²) in [5.74, 6) is 1.15. The summed E-state index contributed by atoms with van der Waals surface area (Å²) < 4.78 is 1.99. The quantitative estimate of drug-likeness (QED) is 0.701. The maximum atomic E-state index is 12.6. The Morgan fingerprint density at radius 1 is 1.26 bits per heavy atom. The zero-order chi connectivity index (χ0) is 19.4. The van der Waals surface area contributed by atoms with Crippen LogP contribution in [0.1, 0.15) is 41.4 Å². The number of nitrogens with one attached hydrogen (secondary N) is 1. The fraction of sp³-hybridized carbons (Fsp3) is 0.300. The molecule has 0 fully saturated rings. The van der Waals surface area contributed by atoms with Crippen molar-refractivity contribution in [3.05, 3.63) is 65.5 Å². The van der Waals surface area contributed by atoms with Crippen molar-refractivity contribution in [1.29, 1.82) is 0 Å². The third-order valence-corrected chi connectivity index (χ3v) is 4.16. The van der Waals surface area contributed by atoms with Crippen LogP contribution in [0.4, 0.5) is 5.95 Å². The molecular formula is C20H24N6O. The van der Waals surface area contributed by atoms with Crippen molar-refractivity contribution in [2.45, 2.75) is 33.7 Å². The zero-order valence-corrected chi connectivity index (χ0v) is 15.8. The van der Waals surface area contributed by atoms with Crippen molar-refractivity contribution in [2.24, 2.45) is 5.92 Å². The molecule has 7 nitrogen and oxygen atoms in total. The first-order valence-corrected chi connectivity index (χ1v) is 8.94. The zero-order valence-electron chi connectivity index (χ0n) is 15.8. The third kappa shape index (κ3) is 4.49. The minimum absolute atomic E-state index is 0.118. The maximum Gasteiger partial charge on any atom is 0.270 e. The van der Waals surface area contributed by atoms with Gasteiger partial charge in [-0.1, -0.05) is 32.0 Å². The lowest BCUT2D eigenvalue weighted by molar-refractivity contribution is 0.0945. The summed E-state index contributed by atoms with van der Waals surface area (Å²) in [6.07, 6.45) is 4.40. The van der Waals surface area contributed by atoms with Crippen LogP contribution in [0, 0.1) is 12.8 Å². The molecule has 1 aromatic carbocycles. The summed E-state index contributed by atoms with van der Waals surface area (Å²) in [5, 5.41) is 2.93. The van der Waals surface area contributed by atoms with E-state index in [1.54, 1.807) is 12.3 Å². The highest BCUT2D eigenvalue weighted by molar-refractivity contribution is 5.92. The largest absolute Gasteiger partial charge is 0.368 e. The molecule has 0 saturated carbocycles. The maximum absolute atomic E-state index is 12.6. The molecule has 0 bridgehead atoms. The fourth-order valence-electron chi connectivity index (χ4n) is 2.95. The monoisotopic (exact) mass is 364 g/mol. The van der Waals surface area contributed by atoms with Crippen molar-refractivity contribution in [2.75, 3.05) is 5.73 Å². The predicted molar refractivity (Wildman–Crippen MR) is 104 cm³/mol. The molecule has 0 aliphatic rings. The van der Waals surface area contributed by atoms with Gasteiger partial charge in [-0.05, 0) is 37.0 Å². The number of benzene rings is 1. The Hall–Kier alpha value is -3.22. The number of rotatable bonds is 6. The molecule has 140 valence electrons. The Morgan fingerprint density at radius 3 is 2.74 bits per heavy atom. The number of nitrogen functional groups attached to an aromatic ring is 1. The molecule has 3 rings (SSSR count). The number of hydrogen-bond acceptors (Lipinski definition) is 5. The van der Waals surface area contributed by atoms with E-state index >= 15 is 0 Å². The number of para-hydroxylation sites is 1. The molecule has 2 aromatic heterocycles. The minimum Gasteiger partial charge on any atom is -0.368 e. The van der Waals surface area contributed by atoms with Crippen LogP contribution in [-0.4, -0.2) is 25.4 Å². The van der Waals surface area contributed by atoms with E-state index in [0.717, 1.165) is 29.2 Å². The van der Waals surface area contributed by atoms with Gasteiger partial charge in [0.05, 0.1) is 5.69 Å². The average molecular weight is 364 g/mol. The van der Waals surface area contributed by atoms with Crippen LogP contribution in [0.3, 0.4) is 0 Å². The molecular weight excluding hydrogens is 340 g/mol. The summed E-state index contributed by atoms with van der Waals surface area (Å²) in [6, 6.07) is 9.59. The first kappa shape index (κ1) is 18.6. The Morgan fingerprint density at radius 2 is 2.04 bits per heavy atom. The van der Waals surface area contributed by atoms with Gasteiger partial charge in [0.1, 0.15) is 11.5 Å². The second-order valence-corrected chi connectivity index (χ2v) is 6.86. The third-order valence-electron chi connectivity index (χ3n) is 4.16. The van der Waals surface area contributed by atoms with Gasteiger partial charge in [0.2, 0.25) is 5.95 Å². The van der Waals surface area contributed by atoms with Crippen LogP contribution in [0.2, 0.25) is 0 Å². The Balaban J connectivity index is 1.77. The fourth-order valence-corrected chi connectivity index (χ4v) is 2.95. The number of carbonyl (C=O) groups is 1. The highest BCUT2D eigenvalue weighted by atomic mass is 16.1. The van der Waals surface area contributed by atoms with E-state index in [2.05, 4.69) is 34.1 Å². The van der Waals surface area contributed by atoms with Gasteiger partial charge in [0.25, 0.3) is 5.91 Å². The van der Waals surface area contributed by atoms with E-state index in [-0.39, 0.29) is 17.5 Å². The van der Waals surface area contributed by atoms with Crippen LogP contribution >= 0.6 is 0 Å². The van der Waals surface area contributed by atoms with Gasteiger partial charge in [-0.25, -0.2) is 15.0 Å². The van der Waals surface area contributed by atoms with Gasteiger partial charge in [-0.2, -0.15) is 0 Å². The van der Waals surface area contributed by atoms with Gasteiger partial charge in [-0.15, -0.1) is 0 Å². The molecule has 0 unspecified atom stereocenters. The number of carbonyl (C=O) groups excluding carboxylic acids is 1. The lowest BCUT2D eigenvalue weighted by Gasteiger charge is -2.13. The Bertz CT molecular complexity index is 947. The number of aryl methyl sites for hydroxylation is 1. The molecule has 0 aliphatic heterocycles. The molecule has 3 aromatic rings. The lowest BCUT2D eigenvalue weighted by atomic mass is 10.1. The smallest absolute Gasteiger partial charge is 0.270 e. The van der Waals surface area contributed by atoms with Crippen LogP contribution in [-0.2, 0) is 13.0 Å². The summed E-state index contributed by atoms with van der Waals surface area (Å²) in [4.78, 5) is 25.1. The van der Waals surface area contributed by atoms with E-state index in [1.165, 1.54) is 0 Å². The van der Waals surface area contributed by atoms with Gasteiger partial charge >= 0.3 is 0 Å². The van der Waals surface area contributed by atoms with Crippen molar-refractivity contribution >= 4 is 11.9 Å². The molecule has 0 radical (unpaired) electrons. The summed E-state index contributed by atoms with van der Waals surface area (Å²) in [5.41, 5.74) is 8.80. The molecule has 1 amide bonds. The molecule has 7 heteroatoms. The topological polar surface area (TPSA) is 98.7 Å². The van der Waals surface area contributed by atoms with Crippen LogP contribution in [0.5, 0.6) is 0 Å². The van der Waals surface area contributed by atoms with Gasteiger partial charge in [0, 0.05) is 24.6 Å². The van der Waals surface area contributed by atoms with Crippen LogP contribution in [0.15, 0.2) is 42.7 Å². The van der Waals surface area contributed by atoms with E-state index < -0.39 is 0 Å². The van der Waals surface area contributed by atoms with Gasteiger partial charge < -0.3 is 15.6 Å². The second-order valence-electron chi connectivity index (χ2n) is 6.86. The highest BCUT2D eigenvalue weighted by Gasteiger charge is 2.13. The van der Waals surface area contributed by atoms with Crippen molar-refractivity contribution < 1.29 is 4.79 Å². The van der Waals surface area contributed by atoms with Crippen molar-refractivity contribution in [1.82, 2.24) is 24.8 Å². The van der Waals surface area contributed by atoms with Crippen molar-refractivity contribution in [3.8, 4) is 5.69 Å². The first-order chi connectivity index (χ1) is 12.9. The number of nitrogens with two attached hydrogens (primary N) is 1. The van der Waals surface area contributed by atoms with E-state index in [4.69, 9.17) is 5.73 Å². The number of anilines is 1. The first-order valence-electron chi connectivity index (χ1n) is 8.94. The number of amides is 1. The van der Waals surface area contributed by atoms with Crippen LogP contribution < -0.4 is 11.1 Å². The lowest BCUT2D eigenvalue weighted by Crippen LogP contribution is -2.25. The van der Waals surface area contributed by atoms with Crippen LogP contribution in [0.25, 0.3) is 5.69 Å². The second kappa shape index (κ2) is 7.99. The molecule has 2 heterocycles. The minimum atomic E-state index is -0.272. The van der Waals surface area contributed by atoms with Gasteiger partial charge in [0.15, 0.2) is 0 Å². The van der Waals surface area contributed by atoms with E-state index in [9.17, 15) is 4.79 Å². The average Bonchev–Trinajstić information content (AvgIpc) is 3.04. The summed E-state index contributed by atoms with van der Waals surface area (Å²) >= 11 is 0. The standard InChI is InChI=1S/C20H24N6O/c1-13(2)10-16-11-17(25-20(21)24-16)19(27)23-12-15-6-4-5-7-18(15)26-9-8-22-14(26)3/h4-9,11,13H,10,12H2,1-3H3,(H,23,27)(H2,21,24,25).